The van der Waals surface area contributed by atoms with Gasteiger partial charge in [-0.1, -0.05) is 0 Å². The number of carbonyl (C=O) groups is 1. The van der Waals surface area contributed by atoms with Crippen molar-refractivity contribution >= 4 is 21.7 Å². The fourth-order valence-electron chi connectivity index (χ4n) is 1.50. The molecule has 20 heavy (non-hydrogen) atoms. The van der Waals surface area contributed by atoms with Crippen molar-refractivity contribution in [3.05, 3.63) is 63.9 Å². The number of halogens is 4. The fraction of sp³-hybridized carbons (Fsp3) is 0.0714. The molecule has 0 amide bonds. The van der Waals surface area contributed by atoms with Crippen molar-refractivity contribution in [2.75, 3.05) is 6.61 Å². The van der Waals surface area contributed by atoms with Gasteiger partial charge in [-0.15, -0.1) is 0 Å². The van der Waals surface area contributed by atoms with E-state index in [9.17, 15) is 18.0 Å². The molecule has 0 aliphatic carbocycles. The van der Waals surface area contributed by atoms with Crippen LogP contribution in [0.1, 0.15) is 10.4 Å². The van der Waals surface area contributed by atoms with Crippen LogP contribution in [0.4, 0.5) is 13.2 Å². The van der Waals surface area contributed by atoms with Crippen LogP contribution in [0.15, 0.2) is 40.9 Å². The molecule has 0 aromatic heterocycles. The van der Waals surface area contributed by atoms with Gasteiger partial charge in [0.2, 0.25) is 5.78 Å². The molecule has 0 aliphatic heterocycles. The molecular weight excluding hydrogens is 337 g/mol. The first kappa shape index (κ1) is 14.6. The van der Waals surface area contributed by atoms with Crippen LogP contribution < -0.4 is 4.74 Å². The third-order valence-electron chi connectivity index (χ3n) is 2.49. The summed E-state index contributed by atoms with van der Waals surface area (Å²) in [5.41, 5.74) is -0.383. The lowest BCUT2D eigenvalue weighted by atomic mass is 10.1. The first-order valence-corrected chi connectivity index (χ1v) is 6.33. The van der Waals surface area contributed by atoms with Crippen molar-refractivity contribution in [1.82, 2.24) is 0 Å². The Bertz CT molecular complexity index is 659. The van der Waals surface area contributed by atoms with Crippen LogP contribution in [-0.2, 0) is 0 Å². The van der Waals surface area contributed by atoms with Gasteiger partial charge in [0.05, 0.1) is 10.0 Å². The van der Waals surface area contributed by atoms with E-state index in [0.717, 1.165) is 24.3 Å². The van der Waals surface area contributed by atoms with E-state index in [4.69, 9.17) is 4.74 Å². The van der Waals surface area contributed by atoms with E-state index in [0.29, 0.717) is 0 Å². The number of ether oxygens (including phenoxy) is 1. The maximum atomic E-state index is 13.4. The summed E-state index contributed by atoms with van der Waals surface area (Å²) in [4.78, 5) is 11.7. The van der Waals surface area contributed by atoms with Gasteiger partial charge < -0.3 is 4.74 Å². The lowest BCUT2D eigenvalue weighted by Crippen LogP contribution is -2.13. The molecule has 0 aliphatic rings. The Kier molecular flexibility index (Phi) is 4.44. The van der Waals surface area contributed by atoms with E-state index in [1.54, 1.807) is 0 Å². The molecule has 0 fully saturated rings. The average molecular weight is 345 g/mol. The molecule has 0 unspecified atom stereocenters. The van der Waals surface area contributed by atoms with E-state index in [1.165, 1.54) is 12.1 Å². The molecule has 2 nitrogen and oxygen atoms in total. The second-order valence-corrected chi connectivity index (χ2v) is 4.77. The molecule has 6 heteroatoms. The Morgan fingerprint density at radius 3 is 2.45 bits per heavy atom. The number of ketones is 1. The largest absolute Gasteiger partial charge is 0.485 e. The summed E-state index contributed by atoms with van der Waals surface area (Å²) in [5.74, 6) is -2.47. The van der Waals surface area contributed by atoms with Gasteiger partial charge >= 0.3 is 0 Å². The highest BCUT2D eigenvalue weighted by Gasteiger charge is 2.14. The van der Waals surface area contributed by atoms with Crippen LogP contribution in [0.5, 0.6) is 5.75 Å². The van der Waals surface area contributed by atoms with Crippen molar-refractivity contribution in [3.63, 3.8) is 0 Å². The van der Waals surface area contributed by atoms with E-state index in [2.05, 4.69) is 15.9 Å². The highest BCUT2D eigenvalue weighted by molar-refractivity contribution is 9.10. The molecule has 2 aromatic rings. The van der Waals surface area contributed by atoms with Gasteiger partial charge in [0.1, 0.15) is 23.2 Å². The first-order valence-electron chi connectivity index (χ1n) is 5.53. The Balaban J connectivity index is 2.08. The van der Waals surface area contributed by atoms with Crippen LogP contribution >= 0.6 is 15.9 Å². The third-order valence-corrected chi connectivity index (χ3v) is 3.10. The van der Waals surface area contributed by atoms with Gasteiger partial charge in [0.25, 0.3) is 0 Å². The molecule has 0 heterocycles. The van der Waals surface area contributed by atoms with E-state index < -0.39 is 29.8 Å². The van der Waals surface area contributed by atoms with E-state index in [1.807, 2.05) is 0 Å². The Hall–Kier alpha value is -1.82. The number of hydrogen-bond donors (Lipinski definition) is 0. The molecule has 0 N–H and O–H groups in total. The zero-order valence-corrected chi connectivity index (χ0v) is 11.6. The zero-order valence-electron chi connectivity index (χ0n) is 10.00. The summed E-state index contributed by atoms with van der Waals surface area (Å²) < 4.78 is 44.6. The lowest BCUT2D eigenvalue weighted by molar-refractivity contribution is 0.0917. The quantitative estimate of drug-likeness (QED) is 0.779. The van der Waals surface area contributed by atoms with Gasteiger partial charge in [-0.25, -0.2) is 13.2 Å². The Morgan fingerprint density at radius 1 is 1.05 bits per heavy atom. The maximum Gasteiger partial charge on any atom is 0.203 e. The summed E-state index contributed by atoms with van der Waals surface area (Å²) in [6.45, 7) is -0.474. The number of Topliss-reactive ketones (excluding diaryl/α,β-unsaturated/α-hetero) is 1. The minimum absolute atomic E-state index is 0.180. The second kappa shape index (κ2) is 6.09. The van der Waals surface area contributed by atoms with Gasteiger partial charge in [0, 0.05) is 0 Å². The molecule has 104 valence electrons. The number of benzene rings is 2. The average Bonchev–Trinajstić information content (AvgIpc) is 2.42. The number of rotatable bonds is 4. The van der Waals surface area contributed by atoms with Crippen molar-refractivity contribution in [3.8, 4) is 5.75 Å². The molecular formula is C14H8BrF3O2. The van der Waals surface area contributed by atoms with Crippen molar-refractivity contribution in [2.24, 2.45) is 0 Å². The van der Waals surface area contributed by atoms with E-state index >= 15 is 0 Å². The molecule has 0 spiro atoms. The van der Waals surface area contributed by atoms with E-state index in [-0.39, 0.29) is 15.8 Å². The minimum Gasteiger partial charge on any atom is -0.485 e. The monoisotopic (exact) mass is 344 g/mol. The predicted octanol–water partition coefficient (Wildman–Crippen LogP) is 4.13. The summed E-state index contributed by atoms with van der Waals surface area (Å²) in [6.07, 6.45) is 0. The second-order valence-electron chi connectivity index (χ2n) is 3.91. The highest BCUT2D eigenvalue weighted by Crippen LogP contribution is 2.22. The SMILES string of the molecule is O=C(COc1ccc(F)c(Br)c1)c1cc(F)ccc1F. The molecule has 2 aromatic carbocycles. The number of carbonyl (C=O) groups excluding carboxylic acids is 1. The highest BCUT2D eigenvalue weighted by atomic mass is 79.9. The van der Waals surface area contributed by atoms with Crippen LogP contribution in [0.25, 0.3) is 0 Å². The van der Waals surface area contributed by atoms with Crippen molar-refractivity contribution < 1.29 is 22.7 Å². The van der Waals surface area contributed by atoms with Gasteiger partial charge in [-0.05, 0) is 52.3 Å². The summed E-state index contributed by atoms with van der Waals surface area (Å²) in [6, 6.07) is 6.43. The topological polar surface area (TPSA) is 26.3 Å². The van der Waals surface area contributed by atoms with Crippen LogP contribution in [0.2, 0.25) is 0 Å². The molecule has 0 saturated heterocycles. The Labute approximate surface area is 121 Å². The van der Waals surface area contributed by atoms with Crippen molar-refractivity contribution in [1.29, 1.82) is 0 Å². The number of hydrogen-bond acceptors (Lipinski definition) is 2. The van der Waals surface area contributed by atoms with Gasteiger partial charge in [-0.2, -0.15) is 0 Å². The predicted molar refractivity (Wildman–Crippen MR) is 70.3 cm³/mol. The normalized spacial score (nSPS) is 10.4. The maximum absolute atomic E-state index is 13.4. The molecule has 0 saturated carbocycles. The smallest absolute Gasteiger partial charge is 0.203 e. The molecule has 0 atom stereocenters. The lowest BCUT2D eigenvalue weighted by Gasteiger charge is -2.07. The fourth-order valence-corrected chi connectivity index (χ4v) is 1.86. The van der Waals surface area contributed by atoms with Gasteiger partial charge in [0.15, 0.2) is 6.61 Å². The van der Waals surface area contributed by atoms with Crippen LogP contribution in [0, 0.1) is 17.5 Å². The summed E-state index contributed by atoms with van der Waals surface area (Å²) in [5, 5.41) is 0. The molecule has 2 rings (SSSR count). The van der Waals surface area contributed by atoms with Gasteiger partial charge in [-0.3, -0.25) is 4.79 Å². The third kappa shape index (κ3) is 3.39. The molecule has 0 bridgehead atoms. The van der Waals surface area contributed by atoms with Crippen LogP contribution in [-0.4, -0.2) is 12.4 Å². The summed E-state index contributed by atoms with van der Waals surface area (Å²) in [7, 11) is 0. The first-order chi connectivity index (χ1) is 9.47. The Morgan fingerprint density at radius 2 is 1.75 bits per heavy atom. The minimum atomic E-state index is -0.819. The van der Waals surface area contributed by atoms with Crippen LogP contribution in [0.3, 0.4) is 0 Å². The van der Waals surface area contributed by atoms with Crippen molar-refractivity contribution in [2.45, 2.75) is 0 Å². The standard InChI is InChI=1S/C14H8BrF3O2/c15-11-6-9(2-4-13(11)18)20-7-14(19)10-5-8(16)1-3-12(10)17/h1-6H,7H2. The summed E-state index contributed by atoms with van der Waals surface area (Å²) >= 11 is 2.97. The molecule has 0 radical (unpaired) electrons. The zero-order chi connectivity index (χ0) is 14.7.